The number of anilines is 1. The van der Waals surface area contributed by atoms with Crippen LogP contribution in [0.25, 0.3) is 0 Å². The van der Waals surface area contributed by atoms with Gasteiger partial charge in [0.05, 0.1) is 11.4 Å². The fourth-order valence-corrected chi connectivity index (χ4v) is 2.81. The fourth-order valence-electron chi connectivity index (χ4n) is 2.81. The van der Waals surface area contributed by atoms with E-state index in [0.29, 0.717) is 28.6 Å². The van der Waals surface area contributed by atoms with Crippen molar-refractivity contribution in [3.05, 3.63) is 71.1 Å². The van der Waals surface area contributed by atoms with Gasteiger partial charge in [0, 0.05) is 5.92 Å². The van der Waals surface area contributed by atoms with Crippen LogP contribution >= 0.6 is 0 Å². The maximum Gasteiger partial charge on any atom is 0.344 e. The van der Waals surface area contributed by atoms with E-state index < -0.39 is 18.5 Å². The SMILES string of the molecule is Cc1ccc(Oc2ccccc2NC(=O)COC(=O)c2c(C)noc2C(C)C)cc1. The minimum absolute atomic E-state index is 0.0339. The highest BCUT2D eigenvalue weighted by Crippen LogP contribution is 2.29. The zero-order valence-corrected chi connectivity index (χ0v) is 17.4. The molecule has 0 fully saturated rings. The lowest BCUT2D eigenvalue weighted by Gasteiger charge is -2.12. The van der Waals surface area contributed by atoms with Gasteiger partial charge in [-0.1, -0.05) is 48.8 Å². The molecule has 0 atom stereocenters. The van der Waals surface area contributed by atoms with E-state index in [1.54, 1.807) is 31.2 Å². The molecule has 3 rings (SSSR count). The molecule has 2 aromatic carbocycles. The minimum Gasteiger partial charge on any atom is -0.455 e. The lowest BCUT2D eigenvalue weighted by atomic mass is 10.1. The molecule has 0 bridgehead atoms. The molecule has 7 heteroatoms. The van der Waals surface area contributed by atoms with Crippen LogP contribution in [-0.4, -0.2) is 23.6 Å². The second-order valence-corrected chi connectivity index (χ2v) is 7.20. The first-order chi connectivity index (χ1) is 14.3. The van der Waals surface area contributed by atoms with E-state index in [0.717, 1.165) is 5.56 Å². The topological polar surface area (TPSA) is 90.7 Å². The molecule has 156 valence electrons. The highest BCUT2D eigenvalue weighted by atomic mass is 16.5. The second-order valence-electron chi connectivity index (χ2n) is 7.20. The number of nitrogens with zero attached hydrogens (tertiary/aromatic N) is 1. The standard InChI is InChI=1S/C23H24N2O5/c1-14(2)22-21(16(4)25-30-22)23(27)28-13-20(26)24-18-7-5-6-8-19(18)29-17-11-9-15(3)10-12-17/h5-12,14H,13H2,1-4H3,(H,24,26). The Morgan fingerprint density at radius 2 is 1.77 bits per heavy atom. The van der Waals surface area contributed by atoms with E-state index in [-0.39, 0.29) is 11.5 Å². The Kier molecular flexibility index (Phi) is 6.51. The van der Waals surface area contributed by atoms with Gasteiger partial charge in [0.1, 0.15) is 11.3 Å². The van der Waals surface area contributed by atoms with Gasteiger partial charge < -0.3 is 19.3 Å². The fraction of sp³-hybridized carbons (Fsp3) is 0.261. The van der Waals surface area contributed by atoms with E-state index in [4.69, 9.17) is 14.0 Å². The first-order valence-electron chi connectivity index (χ1n) is 9.62. The van der Waals surface area contributed by atoms with Crippen LogP contribution in [0.5, 0.6) is 11.5 Å². The number of benzene rings is 2. The van der Waals surface area contributed by atoms with E-state index >= 15 is 0 Å². The first-order valence-corrected chi connectivity index (χ1v) is 9.62. The number of amides is 1. The van der Waals surface area contributed by atoms with Crippen LogP contribution in [0.2, 0.25) is 0 Å². The average Bonchev–Trinajstić information content (AvgIpc) is 3.11. The summed E-state index contributed by atoms with van der Waals surface area (Å²) in [4.78, 5) is 24.8. The number of hydrogen-bond acceptors (Lipinski definition) is 6. The Balaban J connectivity index is 1.64. The molecule has 0 aliphatic heterocycles. The number of nitrogens with one attached hydrogen (secondary N) is 1. The molecule has 1 aromatic heterocycles. The number of para-hydroxylation sites is 2. The van der Waals surface area contributed by atoms with Gasteiger partial charge in [-0.3, -0.25) is 4.79 Å². The van der Waals surface area contributed by atoms with E-state index in [9.17, 15) is 9.59 Å². The van der Waals surface area contributed by atoms with Crippen molar-refractivity contribution in [1.29, 1.82) is 0 Å². The van der Waals surface area contributed by atoms with Crippen LogP contribution in [0.4, 0.5) is 5.69 Å². The van der Waals surface area contributed by atoms with Crippen molar-refractivity contribution in [2.45, 2.75) is 33.6 Å². The highest BCUT2D eigenvalue weighted by Gasteiger charge is 2.24. The predicted molar refractivity (Wildman–Crippen MR) is 112 cm³/mol. The number of rotatable bonds is 7. The average molecular weight is 408 g/mol. The maximum atomic E-state index is 12.4. The zero-order chi connectivity index (χ0) is 21.7. The van der Waals surface area contributed by atoms with Crippen molar-refractivity contribution in [3.8, 4) is 11.5 Å². The normalized spacial score (nSPS) is 10.7. The highest BCUT2D eigenvalue weighted by molar-refractivity contribution is 5.97. The summed E-state index contributed by atoms with van der Waals surface area (Å²) in [5.74, 6) is 0.416. The van der Waals surface area contributed by atoms with Gasteiger partial charge in [0.2, 0.25) is 0 Å². The number of ether oxygens (including phenoxy) is 2. The van der Waals surface area contributed by atoms with Crippen LogP contribution in [0.1, 0.15) is 47.1 Å². The number of aryl methyl sites for hydroxylation is 2. The van der Waals surface area contributed by atoms with Crippen LogP contribution in [0.3, 0.4) is 0 Å². The summed E-state index contributed by atoms with van der Waals surface area (Å²) < 4.78 is 16.2. The Morgan fingerprint density at radius 1 is 1.07 bits per heavy atom. The molecule has 1 heterocycles. The minimum atomic E-state index is -0.642. The van der Waals surface area contributed by atoms with E-state index in [1.807, 2.05) is 45.0 Å². The number of carbonyl (C=O) groups is 2. The van der Waals surface area contributed by atoms with Crippen molar-refractivity contribution < 1.29 is 23.6 Å². The van der Waals surface area contributed by atoms with Crippen LogP contribution in [0, 0.1) is 13.8 Å². The van der Waals surface area contributed by atoms with Crippen molar-refractivity contribution in [2.24, 2.45) is 0 Å². The summed E-state index contributed by atoms with van der Waals surface area (Å²) in [6.07, 6.45) is 0. The largest absolute Gasteiger partial charge is 0.455 e. The molecule has 1 N–H and O–H groups in total. The van der Waals surface area contributed by atoms with Gasteiger partial charge in [0.25, 0.3) is 5.91 Å². The molecule has 30 heavy (non-hydrogen) atoms. The number of carbonyl (C=O) groups excluding carboxylic acids is 2. The molecule has 0 aliphatic rings. The molecule has 3 aromatic rings. The number of esters is 1. The van der Waals surface area contributed by atoms with Gasteiger partial charge in [-0.2, -0.15) is 0 Å². The molecule has 0 radical (unpaired) electrons. The monoisotopic (exact) mass is 408 g/mol. The molecule has 0 saturated carbocycles. The molecular weight excluding hydrogens is 384 g/mol. The maximum absolute atomic E-state index is 12.4. The predicted octanol–water partition coefficient (Wildman–Crippen LogP) is 5.00. The molecule has 0 saturated heterocycles. The summed E-state index contributed by atoms with van der Waals surface area (Å²) in [6.45, 7) is 6.97. The quantitative estimate of drug-likeness (QED) is 0.553. The summed E-state index contributed by atoms with van der Waals surface area (Å²) in [7, 11) is 0. The molecule has 0 unspecified atom stereocenters. The third-order valence-electron chi connectivity index (χ3n) is 4.36. The van der Waals surface area contributed by atoms with Crippen LogP contribution in [-0.2, 0) is 9.53 Å². The number of aromatic nitrogens is 1. The Hall–Kier alpha value is -3.61. The van der Waals surface area contributed by atoms with E-state index in [1.165, 1.54) is 0 Å². The van der Waals surface area contributed by atoms with Crippen molar-refractivity contribution in [2.75, 3.05) is 11.9 Å². The summed E-state index contributed by atoms with van der Waals surface area (Å²) in [5, 5.41) is 6.53. The third kappa shape index (κ3) is 5.05. The molecule has 0 spiro atoms. The summed E-state index contributed by atoms with van der Waals surface area (Å²) >= 11 is 0. The first kappa shape index (κ1) is 21.1. The molecule has 0 aliphatic carbocycles. The van der Waals surface area contributed by atoms with Crippen LogP contribution in [0.15, 0.2) is 53.1 Å². The molecule has 7 nitrogen and oxygen atoms in total. The second kappa shape index (κ2) is 9.26. The summed E-state index contributed by atoms with van der Waals surface area (Å²) in [6, 6.07) is 14.6. The molecular formula is C23H24N2O5. The van der Waals surface area contributed by atoms with Crippen molar-refractivity contribution >= 4 is 17.6 Å². The van der Waals surface area contributed by atoms with E-state index in [2.05, 4.69) is 10.5 Å². The smallest absolute Gasteiger partial charge is 0.344 e. The Bertz CT molecular complexity index is 1040. The summed E-state index contributed by atoms with van der Waals surface area (Å²) in [5.41, 5.74) is 2.29. The van der Waals surface area contributed by atoms with Gasteiger partial charge in [0.15, 0.2) is 18.1 Å². The van der Waals surface area contributed by atoms with Crippen LogP contribution < -0.4 is 10.1 Å². The lowest BCUT2D eigenvalue weighted by Crippen LogP contribution is -2.21. The van der Waals surface area contributed by atoms with Crippen molar-refractivity contribution in [1.82, 2.24) is 5.16 Å². The number of hydrogen-bond donors (Lipinski definition) is 1. The van der Waals surface area contributed by atoms with Crippen molar-refractivity contribution in [3.63, 3.8) is 0 Å². The molecule has 1 amide bonds. The third-order valence-corrected chi connectivity index (χ3v) is 4.36. The van der Waals surface area contributed by atoms with Gasteiger partial charge in [-0.15, -0.1) is 0 Å². The zero-order valence-electron chi connectivity index (χ0n) is 17.4. The van der Waals surface area contributed by atoms with Gasteiger partial charge in [-0.25, -0.2) is 4.79 Å². The van der Waals surface area contributed by atoms with Gasteiger partial charge >= 0.3 is 5.97 Å². The Labute approximate surface area is 175 Å². The lowest BCUT2D eigenvalue weighted by molar-refractivity contribution is -0.119. The van der Waals surface area contributed by atoms with Gasteiger partial charge in [-0.05, 0) is 38.1 Å². The Morgan fingerprint density at radius 3 is 2.47 bits per heavy atom.